The molecular formula is C23H29N3O3. The van der Waals surface area contributed by atoms with Crippen LogP contribution in [0.15, 0.2) is 42.7 Å². The van der Waals surface area contributed by atoms with Crippen LogP contribution in [0.1, 0.15) is 49.6 Å². The summed E-state index contributed by atoms with van der Waals surface area (Å²) in [4.78, 5) is 17.1. The van der Waals surface area contributed by atoms with Gasteiger partial charge in [-0.05, 0) is 49.6 Å². The highest BCUT2D eigenvalue weighted by Gasteiger charge is 2.15. The SMILES string of the molecule is CCCCOc1ccc(C(C)NC(=O)Cc2cn3cccc(C)c3n2)cc1OC. The zero-order valence-corrected chi connectivity index (χ0v) is 17.6. The number of carbonyl (C=O) groups excluding carboxylic acids is 1. The number of aryl methyl sites for hydroxylation is 1. The average Bonchev–Trinajstić information content (AvgIpc) is 3.12. The molecule has 0 aliphatic rings. The van der Waals surface area contributed by atoms with Gasteiger partial charge in [-0.3, -0.25) is 4.79 Å². The molecule has 0 saturated carbocycles. The van der Waals surface area contributed by atoms with Crippen LogP contribution in [0.3, 0.4) is 0 Å². The van der Waals surface area contributed by atoms with Crippen molar-refractivity contribution in [1.29, 1.82) is 0 Å². The van der Waals surface area contributed by atoms with Gasteiger partial charge in [-0.25, -0.2) is 4.98 Å². The summed E-state index contributed by atoms with van der Waals surface area (Å²) in [5.74, 6) is 1.33. The predicted octanol–water partition coefficient (Wildman–Crippen LogP) is 4.25. The van der Waals surface area contributed by atoms with Crippen LogP contribution in [0.25, 0.3) is 5.65 Å². The van der Waals surface area contributed by atoms with E-state index in [-0.39, 0.29) is 18.4 Å². The van der Waals surface area contributed by atoms with E-state index in [4.69, 9.17) is 9.47 Å². The molecule has 0 fully saturated rings. The minimum absolute atomic E-state index is 0.0687. The Kier molecular flexibility index (Phi) is 6.75. The smallest absolute Gasteiger partial charge is 0.226 e. The van der Waals surface area contributed by atoms with Crippen molar-refractivity contribution in [2.45, 2.75) is 46.1 Å². The molecule has 0 radical (unpaired) electrons. The first-order valence-electron chi connectivity index (χ1n) is 10.0. The fourth-order valence-corrected chi connectivity index (χ4v) is 3.23. The minimum Gasteiger partial charge on any atom is -0.493 e. The third kappa shape index (κ3) is 5.08. The van der Waals surface area contributed by atoms with Gasteiger partial charge in [-0.15, -0.1) is 0 Å². The van der Waals surface area contributed by atoms with Gasteiger partial charge >= 0.3 is 0 Å². The summed E-state index contributed by atoms with van der Waals surface area (Å²) in [5.41, 5.74) is 3.68. The molecule has 0 saturated heterocycles. The highest BCUT2D eigenvalue weighted by Crippen LogP contribution is 2.30. The monoisotopic (exact) mass is 395 g/mol. The summed E-state index contributed by atoms with van der Waals surface area (Å²) in [5, 5.41) is 3.04. The van der Waals surface area contributed by atoms with Gasteiger partial charge in [-0.1, -0.05) is 25.5 Å². The maximum absolute atomic E-state index is 12.5. The van der Waals surface area contributed by atoms with Crippen molar-refractivity contribution < 1.29 is 14.3 Å². The van der Waals surface area contributed by atoms with E-state index >= 15 is 0 Å². The summed E-state index contributed by atoms with van der Waals surface area (Å²) < 4.78 is 13.2. The normalized spacial score (nSPS) is 12.0. The maximum Gasteiger partial charge on any atom is 0.226 e. The van der Waals surface area contributed by atoms with Gasteiger partial charge < -0.3 is 19.2 Å². The number of rotatable bonds is 9. The van der Waals surface area contributed by atoms with Crippen LogP contribution in [0, 0.1) is 6.92 Å². The number of fused-ring (bicyclic) bond motifs is 1. The fourth-order valence-electron chi connectivity index (χ4n) is 3.23. The number of benzene rings is 1. The Morgan fingerprint density at radius 2 is 2.10 bits per heavy atom. The molecule has 6 nitrogen and oxygen atoms in total. The number of ether oxygens (including phenoxy) is 2. The van der Waals surface area contributed by atoms with Gasteiger partial charge in [0, 0.05) is 12.4 Å². The Morgan fingerprint density at radius 3 is 2.83 bits per heavy atom. The van der Waals surface area contributed by atoms with Gasteiger partial charge in [0.05, 0.1) is 31.9 Å². The second-order valence-electron chi connectivity index (χ2n) is 7.23. The zero-order chi connectivity index (χ0) is 20.8. The number of aromatic nitrogens is 2. The zero-order valence-electron chi connectivity index (χ0n) is 17.6. The minimum atomic E-state index is -0.153. The van der Waals surface area contributed by atoms with E-state index in [9.17, 15) is 4.79 Å². The molecule has 0 spiro atoms. The number of hydrogen-bond donors (Lipinski definition) is 1. The summed E-state index contributed by atoms with van der Waals surface area (Å²) in [6.45, 7) is 6.76. The number of amides is 1. The van der Waals surface area contributed by atoms with Gasteiger partial charge in [0.2, 0.25) is 5.91 Å². The van der Waals surface area contributed by atoms with Crippen molar-refractivity contribution in [3.8, 4) is 11.5 Å². The molecule has 1 atom stereocenters. The van der Waals surface area contributed by atoms with Crippen LogP contribution in [-0.2, 0) is 11.2 Å². The molecule has 3 aromatic rings. The molecule has 2 aromatic heterocycles. The van der Waals surface area contributed by atoms with Crippen molar-refractivity contribution >= 4 is 11.6 Å². The van der Waals surface area contributed by atoms with E-state index in [0.29, 0.717) is 12.4 Å². The number of methoxy groups -OCH3 is 1. The molecule has 0 bridgehead atoms. The van der Waals surface area contributed by atoms with Crippen LogP contribution in [0.5, 0.6) is 11.5 Å². The van der Waals surface area contributed by atoms with E-state index in [1.54, 1.807) is 7.11 Å². The number of nitrogens with zero attached hydrogens (tertiary/aromatic N) is 2. The van der Waals surface area contributed by atoms with E-state index < -0.39 is 0 Å². The second kappa shape index (κ2) is 9.45. The van der Waals surface area contributed by atoms with Crippen molar-refractivity contribution in [3.63, 3.8) is 0 Å². The maximum atomic E-state index is 12.5. The second-order valence-corrected chi connectivity index (χ2v) is 7.23. The Labute approximate surface area is 171 Å². The largest absolute Gasteiger partial charge is 0.493 e. The van der Waals surface area contributed by atoms with Gasteiger partial charge in [0.1, 0.15) is 5.65 Å². The van der Waals surface area contributed by atoms with Gasteiger partial charge in [-0.2, -0.15) is 0 Å². The van der Waals surface area contributed by atoms with E-state index in [2.05, 4.69) is 17.2 Å². The molecule has 1 aromatic carbocycles. The highest BCUT2D eigenvalue weighted by atomic mass is 16.5. The molecule has 29 heavy (non-hydrogen) atoms. The summed E-state index contributed by atoms with van der Waals surface area (Å²) >= 11 is 0. The molecule has 3 rings (SSSR count). The number of nitrogens with one attached hydrogen (secondary N) is 1. The Hall–Kier alpha value is -3.02. The Balaban J connectivity index is 1.64. The molecular weight excluding hydrogens is 366 g/mol. The third-order valence-electron chi connectivity index (χ3n) is 4.89. The molecule has 0 aliphatic heterocycles. The van der Waals surface area contributed by atoms with E-state index in [1.165, 1.54) is 0 Å². The average molecular weight is 396 g/mol. The summed E-state index contributed by atoms with van der Waals surface area (Å²) in [6, 6.07) is 9.61. The first-order valence-corrected chi connectivity index (χ1v) is 10.0. The van der Waals surface area contributed by atoms with Crippen LogP contribution >= 0.6 is 0 Å². The predicted molar refractivity (Wildman–Crippen MR) is 114 cm³/mol. The van der Waals surface area contributed by atoms with Crippen LogP contribution in [0.4, 0.5) is 0 Å². The standard InChI is InChI=1S/C23H29N3O3/c1-5-6-12-29-20-10-9-18(13-21(20)28-4)17(3)24-22(27)14-19-15-26-11-7-8-16(2)23(26)25-19/h7-11,13,15,17H,5-6,12,14H2,1-4H3,(H,24,27). The molecule has 1 unspecified atom stereocenters. The number of imidazole rings is 1. The topological polar surface area (TPSA) is 64.9 Å². The molecule has 1 N–H and O–H groups in total. The van der Waals surface area contributed by atoms with E-state index in [0.717, 1.165) is 41.1 Å². The lowest BCUT2D eigenvalue weighted by Crippen LogP contribution is -2.28. The first kappa shape index (κ1) is 20.7. The number of unbranched alkanes of at least 4 members (excludes halogenated alkanes) is 1. The van der Waals surface area contributed by atoms with Crippen molar-refractivity contribution in [3.05, 3.63) is 59.5 Å². The molecule has 2 heterocycles. The molecule has 0 aliphatic carbocycles. The number of carbonyl (C=O) groups is 1. The first-order chi connectivity index (χ1) is 14.0. The van der Waals surface area contributed by atoms with Gasteiger partial charge in [0.25, 0.3) is 0 Å². The Morgan fingerprint density at radius 1 is 1.28 bits per heavy atom. The fraction of sp³-hybridized carbons (Fsp3) is 0.391. The summed E-state index contributed by atoms with van der Waals surface area (Å²) in [7, 11) is 1.63. The van der Waals surface area contributed by atoms with Crippen molar-refractivity contribution in [2.24, 2.45) is 0 Å². The third-order valence-corrected chi connectivity index (χ3v) is 4.89. The molecule has 6 heteroatoms. The number of pyridine rings is 1. The Bertz CT molecular complexity index is 981. The highest BCUT2D eigenvalue weighted by molar-refractivity contribution is 5.78. The van der Waals surface area contributed by atoms with Gasteiger partial charge in [0.15, 0.2) is 11.5 Å². The lowest BCUT2D eigenvalue weighted by Gasteiger charge is -2.17. The van der Waals surface area contributed by atoms with Crippen LogP contribution in [-0.4, -0.2) is 29.0 Å². The lowest BCUT2D eigenvalue weighted by molar-refractivity contribution is -0.121. The van der Waals surface area contributed by atoms with E-state index in [1.807, 2.05) is 61.0 Å². The number of hydrogen-bond acceptors (Lipinski definition) is 4. The quantitative estimate of drug-likeness (QED) is 0.550. The van der Waals surface area contributed by atoms with Crippen molar-refractivity contribution in [2.75, 3.05) is 13.7 Å². The van der Waals surface area contributed by atoms with Crippen molar-refractivity contribution in [1.82, 2.24) is 14.7 Å². The van der Waals surface area contributed by atoms with Crippen LogP contribution < -0.4 is 14.8 Å². The van der Waals surface area contributed by atoms with Crippen LogP contribution in [0.2, 0.25) is 0 Å². The molecule has 154 valence electrons. The summed E-state index contributed by atoms with van der Waals surface area (Å²) in [6.07, 6.45) is 6.16. The molecule has 1 amide bonds. The lowest BCUT2D eigenvalue weighted by atomic mass is 10.1.